The smallest absolute Gasteiger partial charge is 0.256 e. The molecule has 6 nitrogen and oxygen atoms in total. The maximum absolute atomic E-state index is 13.6. The Morgan fingerprint density at radius 3 is 2.65 bits per heavy atom. The Bertz CT molecular complexity index is 1270. The lowest BCUT2D eigenvalue weighted by Gasteiger charge is -2.26. The predicted octanol–water partition coefficient (Wildman–Crippen LogP) is 4.08. The minimum absolute atomic E-state index is 0.0919. The third-order valence-corrected chi connectivity index (χ3v) is 6.62. The molecule has 6 heteroatoms. The van der Waals surface area contributed by atoms with Crippen LogP contribution in [0, 0.1) is 6.92 Å². The van der Waals surface area contributed by atoms with E-state index in [9.17, 15) is 14.4 Å². The highest BCUT2D eigenvalue weighted by Gasteiger charge is 2.42. The number of anilines is 1. The molecule has 0 spiro atoms. The SMILES string of the molecule is Cc1cccc(CNC(=O)c2ccccc2CN2C(=O)[C@@H]3CCCN3C(=O)c3ccccc32)c1. The van der Waals surface area contributed by atoms with Gasteiger partial charge in [-0.25, -0.2) is 0 Å². The number of nitrogens with one attached hydrogen (secondary N) is 1. The molecule has 2 heterocycles. The lowest BCUT2D eigenvalue weighted by atomic mass is 10.0. The number of para-hydroxylation sites is 1. The quantitative estimate of drug-likeness (QED) is 0.633. The Morgan fingerprint density at radius 2 is 1.79 bits per heavy atom. The van der Waals surface area contributed by atoms with Crippen LogP contribution in [-0.2, 0) is 17.9 Å². The normalized spacial score (nSPS) is 17.3. The van der Waals surface area contributed by atoms with Crippen LogP contribution in [0.1, 0.15) is 50.2 Å². The molecule has 2 aliphatic rings. The largest absolute Gasteiger partial charge is 0.348 e. The van der Waals surface area contributed by atoms with Gasteiger partial charge in [0.1, 0.15) is 6.04 Å². The molecule has 2 aliphatic heterocycles. The molecule has 1 fully saturated rings. The molecule has 0 aliphatic carbocycles. The molecular weight excluding hydrogens is 426 g/mol. The molecule has 1 N–H and O–H groups in total. The first-order valence-electron chi connectivity index (χ1n) is 11.7. The molecule has 0 aromatic heterocycles. The minimum Gasteiger partial charge on any atom is -0.348 e. The predicted molar refractivity (Wildman–Crippen MR) is 130 cm³/mol. The van der Waals surface area contributed by atoms with Gasteiger partial charge in [-0.3, -0.25) is 14.4 Å². The summed E-state index contributed by atoms with van der Waals surface area (Å²) in [6, 6.07) is 22.2. The Labute approximate surface area is 199 Å². The first-order chi connectivity index (χ1) is 16.5. The van der Waals surface area contributed by atoms with Crippen LogP contribution in [0.4, 0.5) is 5.69 Å². The van der Waals surface area contributed by atoms with Gasteiger partial charge in [0.2, 0.25) is 5.91 Å². The molecule has 0 saturated carbocycles. The molecular formula is C28H27N3O3. The number of amides is 3. The van der Waals surface area contributed by atoms with E-state index in [0.29, 0.717) is 36.3 Å². The fourth-order valence-electron chi connectivity index (χ4n) is 4.92. The number of rotatable bonds is 5. The highest BCUT2D eigenvalue weighted by Crippen LogP contribution is 2.33. The van der Waals surface area contributed by atoms with E-state index in [1.165, 1.54) is 0 Å². The summed E-state index contributed by atoms with van der Waals surface area (Å²) < 4.78 is 0. The second-order valence-corrected chi connectivity index (χ2v) is 8.93. The number of hydrogen-bond acceptors (Lipinski definition) is 3. The van der Waals surface area contributed by atoms with E-state index >= 15 is 0 Å². The van der Waals surface area contributed by atoms with Gasteiger partial charge in [0.15, 0.2) is 0 Å². The summed E-state index contributed by atoms with van der Waals surface area (Å²) in [6.45, 7) is 3.26. The molecule has 0 unspecified atom stereocenters. The molecule has 1 atom stereocenters. The van der Waals surface area contributed by atoms with Crippen molar-refractivity contribution in [3.8, 4) is 0 Å². The Kier molecular flexibility index (Phi) is 5.88. The average molecular weight is 454 g/mol. The van der Waals surface area contributed by atoms with Crippen molar-refractivity contribution in [2.45, 2.75) is 38.9 Å². The van der Waals surface area contributed by atoms with Crippen molar-refractivity contribution in [3.05, 3.63) is 101 Å². The van der Waals surface area contributed by atoms with Crippen molar-refractivity contribution >= 4 is 23.4 Å². The van der Waals surface area contributed by atoms with Gasteiger partial charge < -0.3 is 15.1 Å². The van der Waals surface area contributed by atoms with Gasteiger partial charge in [-0.15, -0.1) is 0 Å². The van der Waals surface area contributed by atoms with E-state index in [1.54, 1.807) is 21.9 Å². The highest BCUT2D eigenvalue weighted by molar-refractivity contribution is 6.11. The fraction of sp³-hybridized carbons (Fsp3) is 0.250. The summed E-state index contributed by atoms with van der Waals surface area (Å²) in [5.41, 5.74) is 4.57. The van der Waals surface area contributed by atoms with Crippen molar-refractivity contribution in [3.63, 3.8) is 0 Å². The van der Waals surface area contributed by atoms with Crippen molar-refractivity contribution in [1.29, 1.82) is 0 Å². The Morgan fingerprint density at radius 1 is 1.00 bits per heavy atom. The van der Waals surface area contributed by atoms with Crippen molar-refractivity contribution < 1.29 is 14.4 Å². The van der Waals surface area contributed by atoms with E-state index in [0.717, 1.165) is 23.1 Å². The summed E-state index contributed by atoms with van der Waals surface area (Å²) in [6.07, 6.45) is 1.48. The van der Waals surface area contributed by atoms with Crippen molar-refractivity contribution in [2.75, 3.05) is 11.4 Å². The zero-order chi connectivity index (χ0) is 23.7. The van der Waals surface area contributed by atoms with Crippen LogP contribution in [0.2, 0.25) is 0 Å². The lowest BCUT2D eigenvalue weighted by Crippen LogP contribution is -2.44. The number of aryl methyl sites for hydroxylation is 1. The zero-order valence-electron chi connectivity index (χ0n) is 19.2. The monoisotopic (exact) mass is 453 g/mol. The fourth-order valence-corrected chi connectivity index (χ4v) is 4.92. The van der Waals surface area contributed by atoms with Gasteiger partial charge in [-0.2, -0.15) is 0 Å². The molecule has 172 valence electrons. The van der Waals surface area contributed by atoms with Gasteiger partial charge in [0.05, 0.1) is 17.8 Å². The number of nitrogens with zero attached hydrogens (tertiary/aromatic N) is 2. The maximum Gasteiger partial charge on any atom is 0.256 e. The number of carbonyl (C=O) groups is 3. The summed E-state index contributed by atoms with van der Waals surface area (Å²) in [5.74, 6) is -0.380. The molecule has 3 aromatic carbocycles. The summed E-state index contributed by atoms with van der Waals surface area (Å²) in [4.78, 5) is 43.2. The zero-order valence-corrected chi connectivity index (χ0v) is 19.2. The molecule has 3 amide bonds. The van der Waals surface area contributed by atoms with E-state index in [4.69, 9.17) is 0 Å². The van der Waals surface area contributed by atoms with Gasteiger partial charge in [0.25, 0.3) is 11.8 Å². The molecule has 0 bridgehead atoms. The number of fused-ring (bicyclic) bond motifs is 2. The van der Waals surface area contributed by atoms with Gasteiger partial charge >= 0.3 is 0 Å². The number of carbonyl (C=O) groups excluding carboxylic acids is 3. The second kappa shape index (κ2) is 9.14. The first-order valence-corrected chi connectivity index (χ1v) is 11.7. The van der Waals surface area contributed by atoms with Crippen LogP contribution < -0.4 is 10.2 Å². The standard InChI is InChI=1S/C28H27N3O3/c1-19-8-6-9-20(16-19)17-29-26(32)22-11-3-2-10-21(22)18-31-24-13-5-4-12-23(24)27(33)30-15-7-14-25(30)28(31)34/h2-6,8-13,16,25H,7,14-15,17-18H2,1H3,(H,29,32)/t25-/m0/s1. The van der Waals surface area contributed by atoms with Crippen LogP contribution in [0.25, 0.3) is 0 Å². The van der Waals surface area contributed by atoms with Crippen LogP contribution in [0.3, 0.4) is 0 Å². The summed E-state index contributed by atoms with van der Waals surface area (Å²) >= 11 is 0. The third kappa shape index (κ3) is 4.07. The van der Waals surface area contributed by atoms with Gasteiger partial charge in [-0.05, 0) is 49.1 Å². The van der Waals surface area contributed by atoms with E-state index in [1.807, 2.05) is 67.6 Å². The third-order valence-electron chi connectivity index (χ3n) is 6.62. The van der Waals surface area contributed by atoms with Crippen molar-refractivity contribution in [1.82, 2.24) is 10.2 Å². The van der Waals surface area contributed by atoms with Crippen molar-refractivity contribution in [2.24, 2.45) is 0 Å². The first kappa shape index (κ1) is 21.9. The molecule has 0 radical (unpaired) electrons. The summed E-state index contributed by atoms with van der Waals surface area (Å²) in [7, 11) is 0. The van der Waals surface area contributed by atoms with Crippen LogP contribution in [0.15, 0.2) is 72.8 Å². The Hall–Kier alpha value is -3.93. The van der Waals surface area contributed by atoms with Crippen LogP contribution in [0.5, 0.6) is 0 Å². The minimum atomic E-state index is -0.456. The average Bonchev–Trinajstić information content (AvgIpc) is 3.33. The molecule has 1 saturated heterocycles. The summed E-state index contributed by atoms with van der Waals surface area (Å²) in [5, 5.41) is 3.00. The molecule has 5 rings (SSSR count). The van der Waals surface area contributed by atoms with E-state index in [2.05, 4.69) is 5.32 Å². The van der Waals surface area contributed by atoms with E-state index < -0.39 is 6.04 Å². The van der Waals surface area contributed by atoms with Crippen LogP contribution >= 0.6 is 0 Å². The maximum atomic E-state index is 13.6. The topological polar surface area (TPSA) is 69.7 Å². The van der Waals surface area contributed by atoms with E-state index in [-0.39, 0.29) is 24.3 Å². The molecule has 3 aromatic rings. The molecule has 34 heavy (non-hydrogen) atoms. The Balaban J connectivity index is 1.44. The van der Waals surface area contributed by atoms with Gasteiger partial charge in [0, 0.05) is 18.7 Å². The number of hydrogen-bond donors (Lipinski definition) is 1. The highest BCUT2D eigenvalue weighted by atomic mass is 16.2. The van der Waals surface area contributed by atoms with Gasteiger partial charge in [-0.1, -0.05) is 60.2 Å². The lowest BCUT2D eigenvalue weighted by molar-refractivity contribution is -0.122. The number of benzene rings is 3. The second-order valence-electron chi connectivity index (χ2n) is 8.93. The van der Waals surface area contributed by atoms with Crippen LogP contribution in [-0.4, -0.2) is 35.2 Å².